The Balaban J connectivity index is 2.07. The molecule has 2 aromatic carbocycles. The summed E-state index contributed by atoms with van der Waals surface area (Å²) in [7, 11) is 2.81. The lowest BCUT2D eigenvalue weighted by molar-refractivity contribution is 0.0181. The Bertz CT molecular complexity index is 790. The van der Waals surface area contributed by atoms with Crippen molar-refractivity contribution in [1.82, 2.24) is 0 Å². The lowest BCUT2D eigenvalue weighted by atomic mass is 9.83. The van der Waals surface area contributed by atoms with Gasteiger partial charge >= 0.3 is 0 Å². The van der Waals surface area contributed by atoms with Crippen molar-refractivity contribution < 1.29 is 44.8 Å². The summed E-state index contributed by atoms with van der Waals surface area (Å²) in [6, 6.07) is 6.27. The molecule has 0 aromatic heterocycles. The van der Waals surface area contributed by atoms with E-state index in [1.807, 2.05) is 0 Å². The number of hydrogen-bond donors (Lipinski definition) is 6. The molecule has 0 bridgehead atoms. The number of aliphatic hydroxyl groups excluding tert-OH is 4. The van der Waals surface area contributed by atoms with Crippen molar-refractivity contribution in [3.63, 3.8) is 0 Å². The predicted octanol–water partition coefficient (Wildman–Crippen LogP) is 1.13. The molecule has 1 heterocycles. The molecule has 170 valence electrons. The molecule has 1 saturated heterocycles. The first-order chi connectivity index (χ1) is 14.9. The maximum absolute atomic E-state index is 10.2. The second-order valence-corrected chi connectivity index (χ2v) is 7.45. The van der Waals surface area contributed by atoms with E-state index in [1.165, 1.54) is 14.2 Å². The number of phenols is 2. The highest BCUT2D eigenvalue weighted by Gasteiger charge is 2.45. The van der Waals surface area contributed by atoms with E-state index in [1.54, 1.807) is 24.3 Å². The third kappa shape index (κ3) is 4.15. The number of phenolic OH excluding ortho intramolecular Hbond substituents is 1. The van der Waals surface area contributed by atoms with Gasteiger partial charge in [-0.15, -0.1) is 0 Å². The Morgan fingerprint density at radius 3 is 1.48 bits per heavy atom. The quantitative estimate of drug-likeness (QED) is 0.358. The monoisotopic (exact) mass is 436 g/mol. The van der Waals surface area contributed by atoms with Crippen LogP contribution in [0.15, 0.2) is 24.3 Å². The first-order valence-electron chi connectivity index (χ1n) is 9.82. The SMILES string of the molecule is COc1cc([C@@H]2O[C@@H](c3cc(CO)c(O)c(CO)c3)[C@H](CO)[C@H]2CO)cc(OC)c1O. The van der Waals surface area contributed by atoms with Gasteiger partial charge in [-0.2, -0.15) is 0 Å². The van der Waals surface area contributed by atoms with Gasteiger partial charge in [0.1, 0.15) is 5.75 Å². The Hall–Kier alpha value is -2.56. The highest BCUT2D eigenvalue weighted by Crippen LogP contribution is 2.51. The van der Waals surface area contributed by atoms with Gasteiger partial charge in [-0.25, -0.2) is 0 Å². The number of rotatable bonds is 8. The number of hydrogen-bond acceptors (Lipinski definition) is 9. The summed E-state index contributed by atoms with van der Waals surface area (Å²) in [4.78, 5) is 0. The van der Waals surface area contributed by atoms with E-state index >= 15 is 0 Å². The summed E-state index contributed by atoms with van der Waals surface area (Å²) in [6.45, 7) is -1.46. The van der Waals surface area contributed by atoms with E-state index in [0.29, 0.717) is 11.1 Å². The van der Waals surface area contributed by atoms with Gasteiger partial charge < -0.3 is 44.8 Å². The van der Waals surface area contributed by atoms with Gasteiger partial charge in [0.05, 0.1) is 39.6 Å². The Kier molecular flexibility index (Phi) is 7.24. The van der Waals surface area contributed by atoms with E-state index in [2.05, 4.69) is 0 Å². The van der Waals surface area contributed by atoms with E-state index in [-0.39, 0.29) is 47.3 Å². The minimum absolute atomic E-state index is 0.165. The molecule has 0 unspecified atom stereocenters. The van der Waals surface area contributed by atoms with Gasteiger partial charge in [-0.1, -0.05) is 0 Å². The molecule has 9 heteroatoms. The predicted molar refractivity (Wildman–Crippen MR) is 109 cm³/mol. The zero-order chi connectivity index (χ0) is 22.7. The van der Waals surface area contributed by atoms with Crippen LogP contribution in [0.2, 0.25) is 0 Å². The molecule has 1 aliphatic rings. The molecule has 0 radical (unpaired) electrons. The van der Waals surface area contributed by atoms with Crippen LogP contribution in [0.1, 0.15) is 34.5 Å². The molecule has 9 nitrogen and oxygen atoms in total. The normalized spacial score (nSPS) is 23.2. The molecule has 0 amide bonds. The molecule has 2 aromatic rings. The third-order valence-corrected chi connectivity index (χ3v) is 5.83. The van der Waals surface area contributed by atoms with Gasteiger partial charge in [0.25, 0.3) is 0 Å². The number of methoxy groups -OCH3 is 2. The van der Waals surface area contributed by atoms with Crippen LogP contribution in [0.25, 0.3) is 0 Å². The van der Waals surface area contributed by atoms with Crippen molar-refractivity contribution in [1.29, 1.82) is 0 Å². The van der Waals surface area contributed by atoms with E-state index in [9.17, 15) is 30.6 Å². The summed E-state index contributed by atoms with van der Waals surface area (Å²) >= 11 is 0. The largest absolute Gasteiger partial charge is 0.507 e. The van der Waals surface area contributed by atoms with Crippen LogP contribution in [-0.2, 0) is 18.0 Å². The molecule has 0 saturated carbocycles. The van der Waals surface area contributed by atoms with Crippen molar-refractivity contribution in [2.24, 2.45) is 11.8 Å². The summed E-state index contributed by atoms with van der Waals surface area (Å²) in [5.74, 6) is -1.03. The zero-order valence-electron chi connectivity index (χ0n) is 17.4. The summed E-state index contributed by atoms with van der Waals surface area (Å²) in [6.07, 6.45) is -1.35. The maximum Gasteiger partial charge on any atom is 0.200 e. The smallest absolute Gasteiger partial charge is 0.200 e. The molecule has 0 aliphatic carbocycles. The van der Waals surface area contributed by atoms with Gasteiger partial charge in [0, 0.05) is 36.2 Å². The van der Waals surface area contributed by atoms with Crippen LogP contribution in [0.3, 0.4) is 0 Å². The van der Waals surface area contributed by atoms with Gasteiger partial charge in [-0.3, -0.25) is 0 Å². The van der Waals surface area contributed by atoms with Crippen LogP contribution in [0.4, 0.5) is 0 Å². The Morgan fingerprint density at radius 1 is 0.710 bits per heavy atom. The Morgan fingerprint density at radius 2 is 1.13 bits per heavy atom. The zero-order valence-corrected chi connectivity index (χ0v) is 17.4. The number of aliphatic hydroxyl groups is 4. The van der Waals surface area contributed by atoms with Crippen molar-refractivity contribution in [3.05, 3.63) is 46.5 Å². The molecule has 4 atom stereocenters. The first-order valence-corrected chi connectivity index (χ1v) is 9.82. The fraction of sp³-hybridized carbons (Fsp3) is 0.455. The van der Waals surface area contributed by atoms with Crippen LogP contribution in [0, 0.1) is 11.8 Å². The van der Waals surface area contributed by atoms with Crippen LogP contribution < -0.4 is 9.47 Å². The fourth-order valence-corrected chi connectivity index (χ4v) is 4.19. The van der Waals surface area contributed by atoms with Crippen molar-refractivity contribution in [2.75, 3.05) is 27.4 Å². The molecule has 31 heavy (non-hydrogen) atoms. The fourth-order valence-electron chi connectivity index (χ4n) is 4.19. The van der Waals surface area contributed by atoms with E-state index in [0.717, 1.165) is 0 Å². The second kappa shape index (κ2) is 9.71. The first kappa shape index (κ1) is 23.1. The number of ether oxygens (including phenoxy) is 3. The molecule has 6 N–H and O–H groups in total. The lowest BCUT2D eigenvalue weighted by Crippen LogP contribution is -2.23. The Labute approximate surface area is 179 Å². The highest BCUT2D eigenvalue weighted by molar-refractivity contribution is 5.53. The summed E-state index contributed by atoms with van der Waals surface area (Å²) < 4.78 is 16.7. The van der Waals surface area contributed by atoms with Crippen molar-refractivity contribution in [2.45, 2.75) is 25.4 Å². The van der Waals surface area contributed by atoms with Crippen LogP contribution in [-0.4, -0.2) is 58.1 Å². The maximum atomic E-state index is 10.2. The number of aromatic hydroxyl groups is 2. The average Bonchev–Trinajstić information content (AvgIpc) is 3.18. The van der Waals surface area contributed by atoms with E-state index in [4.69, 9.17) is 14.2 Å². The lowest BCUT2D eigenvalue weighted by Gasteiger charge is -2.22. The van der Waals surface area contributed by atoms with Gasteiger partial charge in [-0.05, 0) is 35.4 Å². The summed E-state index contributed by atoms with van der Waals surface area (Å²) in [5, 5.41) is 59.7. The second-order valence-electron chi connectivity index (χ2n) is 7.45. The van der Waals surface area contributed by atoms with Crippen LogP contribution >= 0.6 is 0 Å². The third-order valence-electron chi connectivity index (χ3n) is 5.83. The highest BCUT2D eigenvalue weighted by atomic mass is 16.5. The standard InChI is InChI=1S/C22H28O9/c1-29-17-5-12(6-18(30-2)20(17)28)22-16(10-26)15(9-25)21(31-22)11-3-13(7-23)19(27)14(4-11)8-24/h3-6,15-16,21-28H,7-10H2,1-2H3/t15-,16-,21+,22+/m1/s1. The van der Waals surface area contributed by atoms with E-state index < -0.39 is 37.3 Å². The minimum atomic E-state index is -0.686. The molecule has 0 spiro atoms. The molecular formula is C22H28O9. The topological polar surface area (TPSA) is 149 Å². The van der Waals surface area contributed by atoms with Gasteiger partial charge in [0.15, 0.2) is 11.5 Å². The van der Waals surface area contributed by atoms with Crippen molar-refractivity contribution >= 4 is 0 Å². The van der Waals surface area contributed by atoms with Crippen molar-refractivity contribution in [3.8, 4) is 23.0 Å². The molecule has 1 aliphatic heterocycles. The van der Waals surface area contributed by atoms with Crippen LogP contribution in [0.5, 0.6) is 23.0 Å². The molecule has 1 fully saturated rings. The number of benzene rings is 2. The summed E-state index contributed by atoms with van der Waals surface area (Å²) in [5.41, 5.74) is 1.57. The average molecular weight is 436 g/mol. The molecular weight excluding hydrogens is 408 g/mol. The molecule has 3 rings (SSSR count). The van der Waals surface area contributed by atoms with Gasteiger partial charge in [0.2, 0.25) is 5.75 Å². The minimum Gasteiger partial charge on any atom is -0.507 e.